The largest absolute Gasteiger partial charge is 0.340 e. The fraction of sp³-hybridized carbons (Fsp3) is 0.312. The number of hydrogen-bond acceptors (Lipinski definition) is 7. The maximum absolute atomic E-state index is 12.3. The summed E-state index contributed by atoms with van der Waals surface area (Å²) in [4.78, 5) is 13.8. The van der Waals surface area contributed by atoms with Gasteiger partial charge in [0.15, 0.2) is 5.82 Å². The molecule has 0 aliphatic heterocycles. The van der Waals surface area contributed by atoms with E-state index in [0.29, 0.717) is 29.1 Å². The second kappa shape index (κ2) is 9.66. The lowest BCUT2D eigenvalue weighted by Crippen LogP contribution is -2.34. The Bertz CT molecular complexity index is 837. The van der Waals surface area contributed by atoms with Crippen molar-refractivity contribution in [3.8, 4) is 23.5 Å². The van der Waals surface area contributed by atoms with Gasteiger partial charge in [-0.2, -0.15) is 10.5 Å². The highest BCUT2D eigenvalue weighted by molar-refractivity contribution is 7.99. The smallest absolute Gasteiger partial charge is 0.233 e. The molecule has 0 atom stereocenters. The summed E-state index contributed by atoms with van der Waals surface area (Å²) >= 11 is 7.12. The molecule has 2 N–H and O–H groups in total. The van der Waals surface area contributed by atoms with Gasteiger partial charge in [0.1, 0.15) is 0 Å². The molecule has 0 aliphatic carbocycles. The molecule has 8 nitrogen and oxygen atoms in total. The Kier molecular flexibility index (Phi) is 7.27. The van der Waals surface area contributed by atoms with Gasteiger partial charge in [-0.05, 0) is 12.1 Å². The maximum Gasteiger partial charge on any atom is 0.233 e. The summed E-state index contributed by atoms with van der Waals surface area (Å²) in [5.41, 5.74) is 0.718. The number of hydrogen-bond donors (Lipinski definition) is 1. The van der Waals surface area contributed by atoms with Crippen molar-refractivity contribution in [1.82, 2.24) is 19.8 Å². The zero-order valence-electron chi connectivity index (χ0n) is 13.8. The summed E-state index contributed by atoms with van der Waals surface area (Å²) in [6.07, 6.45) is 0.432. The molecular weight excluding hydrogens is 374 g/mol. The molecule has 0 bridgehead atoms. The average molecular weight is 390 g/mol. The Balaban J connectivity index is 2.04. The monoisotopic (exact) mass is 389 g/mol. The molecule has 0 spiro atoms. The number of halogens is 1. The van der Waals surface area contributed by atoms with Crippen molar-refractivity contribution >= 4 is 29.3 Å². The molecule has 26 heavy (non-hydrogen) atoms. The molecule has 0 unspecified atom stereocenters. The molecule has 134 valence electrons. The zero-order valence-corrected chi connectivity index (χ0v) is 15.4. The lowest BCUT2D eigenvalue weighted by molar-refractivity contribution is -0.128. The standard InChI is InChI=1S/C16H16ClN7OS/c17-13-5-1-4-12(10-13)15-21-22-16(24(15)20)26-11-14(25)23(8-2-6-18)9-3-7-19/h1,4-5,10H,2-3,8-9,11,20H2. The van der Waals surface area contributed by atoms with Crippen LogP contribution in [0.1, 0.15) is 12.8 Å². The number of benzene rings is 1. The van der Waals surface area contributed by atoms with Gasteiger partial charge in [0.05, 0.1) is 30.7 Å². The molecule has 0 saturated carbocycles. The number of carbonyl (C=O) groups excluding carboxylic acids is 1. The number of nitrogens with two attached hydrogens (primary N) is 1. The van der Waals surface area contributed by atoms with Crippen LogP contribution in [-0.2, 0) is 4.79 Å². The summed E-state index contributed by atoms with van der Waals surface area (Å²) in [6, 6.07) is 11.1. The third-order valence-electron chi connectivity index (χ3n) is 3.41. The first kappa shape index (κ1) is 19.6. The van der Waals surface area contributed by atoms with Crippen LogP contribution in [0.4, 0.5) is 0 Å². The van der Waals surface area contributed by atoms with Gasteiger partial charge in [0, 0.05) is 23.7 Å². The molecule has 0 fully saturated rings. The zero-order chi connectivity index (χ0) is 18.9. The normalized spacial score (nSPS) is 10.1. The van der Waals surface area contributed by atoms with Crippen molar-refractivity contribution in [3.63, 3.8) is 0 Å². The Morgan fingerprint density at radius 1 is 1.27 bits per heavy atom. The first-order chi connectivity index (χ1) is 12.6. The second-order valence-corrected chi connectivity index (χ2v) is 6.55. The highest BCUT2D eigenvalue weighted by Crippen LogP contribution is 2.24. The van der Waals surface area contributed by atoms with E-state index >= 15 is 0 Å². The quantitative estimate of drug-likeness (QED) is 0.541. The molecule has 2 rings (SSSR count). The lowest BCUT2D eigenvalue weighted by Gasteiger charge is -2.19. The summed E-state index contributed by atoms with van der Waals surface area (Å²) in [5.74, 6) is 6.36. The molecule has 10 heteroatoms. The van der Waals surface area contributed by atoms with Crippen molar-refractivity contribution in [1.29, 1.82) is 10.5 Å². The minimum Gasteiger partial charge on any atom is -0.340 e. The third-order valence-corrected chi connectivity index (χ3v) is 4.57. The lowest BCUT2D eigenvalue weighted by atomic mass is 10.2. The van der Waals surface area contributed by atoms with E-state index in [4.69, 9.17) is 28.0 Å². The molecule has 2 aromatic rings. The van der Waals surface area contributed by atoms with Crippen molar-refractivity contribution in [2.45, 2.75) is 18.0 Å². The molecule has 1 amide bonds. The fourth-order valence-corrected chi connectivity index (χ4v) is 3.10. The van der Waals surface area contributed by atoms with E-state index in [2.05, 4.69) is 10.2 Å². The van der Waals surface area contributed by atoms with Crippen LogP contribution in [0.5, 0.6) is 0 Å². The molecule has 0 radical (unpaired) electrons. The van der Waals surface area contributed by atoms with Crippen molar-refractivity contribution in [2.75, 3.05) is 24.7 Å². The highest BCUT2D eigenvalue weighted by Gasteiger charge is 2.17. The van der Waals surface area contributed by atoms with Crippen molar-refractivity contribution < 1.29 is 4.79 Å². The van der Waals surface area contributed by atoms with E-state index < -0.39 is 0 Å². The predicted molar refractivity (Wildman–Crippen MR) is 98.4 cm³/mol. The Morgan fingerprint density at radius 2 is 1.96 bits per heavy atom. The van der Waals surface area contributed by atoms with E-state index in [1.165, 1.54) is 9.58 Å². The highest BCUT2D eigenvalue weighted by atomic mass is 35.5. The second-order valence-electron chi connectivity index (χ2n) is 5.17. The first-order valence-corrected chi connectivity index (χ1v) is 9.04. The van der Waals surface area contributed by atoms with E-state index in [9.17, 15) is 4.79 Å². The molecule has 1 aromatic carbocycles. The van der Waals surface area contributed by atoms with Crippen LogP contribution in [0.3, 0.4) is 0 Å². The van der Waals surface area contributed by atoms with Crippen LogP contribution in [0.15, 0.2) is 29.4 Å². The van der Waals surface area contributed by atoms with Crippen LogP contribution < -0.4 is 5.84 Å². The minimum absolute atomic E-state index is 0.0851. The number of amides is 1. The third kappa shape index (κ3) is 5.12. The van der Waals surface area contributed by atoms with Gasteiger partial charge in [0.25, 0.3) is 0 Å². The number of rotatable bonds is 8. The maximum atomic E-state index is 12.3. The molecule has 1 aromatic heterocycles. The summed E-state index contributed by atoms with van der Waals surface area (Å²) in [5, 5.41) is 26.4. The Morgan fingerprint density at radius 3 is 2.58 bits per heavy atom. The van der Waals surface area contributed by atoms with Gasteiger partial charge in [-0.25, -0.2) is 4.68 Å². The van der Waals surface area contributed by atoms with Gasteiger partial charge in [-0.3, -0.25) is 4.79 Å². The number of nitrogen functional groups attached to an aromatic ring is 1. The van der Waals surface area contributed by atoms with Gasteiger partial charge in [-0.15, -0.1) is 10.2 Å². The summed E-state index contributed by atoms with van der Waals surface area (Å²) < 4.78 is 1.30. The van der Waals surface area contributed by atoms with Crippen LogP contribution in [0.2, 0.25) is 5.02 Å². The fourth-order valence-electron chi connectivity index (χ4n) is 2.15. The Hall–Kier alpha value is -2.75. The number of nitriles is 2. The number of nitrogens with zero attached hydrogens (tertiary/aromatic N) is 6. The van der Waals surface area contributed by atoms with Crippen molar-refractivity contribution in [3.05, 3.63) is 29.3 Å². The van der Waals surface area contributed by atoms with E-state index in [-0.39, 0.29) is 24.5 Å². The van der Waals surface area contributed by atoms with Gasteiger partial charge in [0.2, 0.25) is 11.1 Å². The number of carbonyl (C=O) groups is 1. The topological polar surface area (TPSA) is 125 Å². The van der Waals surface area contributed by atoms with Crippen LogP contribution in [0, 0.1) is 22.7 Å². The SMILES string of the molecule is N#CCCN(CCC#N)C(=O)CSc1nnc(-c2cccc(Cl)c2)n1N. The molecule has 0 saturated heterocycles. The molecular formula is C16H16ClN7OS. The van der Waals surface area contributed by atoms with Crippen LogP contribution >= 0.6 is 23.4 Å². The van der Waals surface area contributed by atoms with Gasteiger partial charge in [-0.1, -0.05) is 35.5 Å². The Labute approximate surface area is 160 Å². The summed E-state index contributed by atoms with van der Waals surface area (Å²) in [7, 11) is 0. The van der Waals surface area contributed by atoms with E-state index in [1.807, 2.05) is 18.2 Å². The van der Waals surface area contributed by atoms with Crippen LogP contribution in [-0.4, -0.2) is 44.5 Å². The predicted octanol–water partition coefficient (Wildman–Crippen LogP) is 2.06. The average Bonchev–Trinajstić information content (AvgIpc) is 3.00. The van der Waals surface area contributed by atoms with E-state index in [1.54, 1.807) is 18.2 Å². The van der Waals surface area contributed by atoms with Crippen molar-refractivity contribution in [2.24, 2.45) is 0 Å². The van der Waals surface area contributed by atoms with Gasteiger partial charge < -0.3 is 10.7 Å². The molecule has 1 heterocycles. The van der Waals surface area contributed by atoms with Crippen LogP contribution in [0.25, 0.3) is 11.4 Å². The first-order valence-electron chi connectivity index (χ1n) is 7.67. The number of aromatic nitrogens is 3. The minimum atomic E-state index is -0.187. The summed E-state index contributed by atoms with van der Waals surface area (Å²) in [6.45, 7) is 0.585. The molecule has 0 aliphatic rings. The van der Waals surface area contributed by atoms with E-state index in [0.717, 1.165) is 17.3 Å². The van der Waals surface area contributed by atoms with Gasteiger partial charge >= 0.3 is 0 Å². The number of thioether (sulfide) groups is 1.